The minimum absolute atomic E-state index is 0.0660. The quantitative estimate of drug-likeness (QED) is 0.0487. The van der Waals surface area contributed by atoms with Gasteiger partial charge in [0.25, 0.3) is 0 Å². The van der Waals surface area contributed by atoms with E-state index in [0.29, 0.717) is 17.9 Å². The maximum atomic E-state index is 13.0. The molecule has 3 amide bonds. The first-order chi connectivity index (χ1) is 16.9. The Morgan fingerprint density at radius 1 is 0.806 bits per heavy atom. The van der Waals surface area contributed by atoms with Crippen molar-refractivity contribution in [1.82, 2.24) is 16.0 Å². The van der Waals surface area contributed by atoms with E-state index in [2.05, 4.69) is 20.9 Å². The summed E-state index contributed by atoms with van der Waals surface area (Å²) in [5.41, 5.74) is 16.5. The number of carbonyl (C=O) groups is 5. The fourth-order valence-corrected chi connectivity index (χ4v) is 3.81. The van der Waals surface area contributed by atoms with Gasteiger partial charge in [0.15, 0.2) is 5.96 Å². The standard InChI is InChI=1S/C20H37N7O7S2/c1-35-8-5-11(21)16(30)25-12(4-3-7-24-20(22)23)17(31)27-14(10-15(28)29)18(32)26-13(19(33)34)6-9-36-2/h11-14H,3-10,21H2,1-2H3,(H,25,30)(H,26,32)(H,27,31)(H,28,29)(H,33,34)(H4,22,23,24). The topological polar surface area (TPSA) is 252 Å². The van der Waals surface area contributed by atoms with Crippen molar-refractivity contribution in [1.29, 1.82) is 0 Å². The van der Waals surface area contributed by atoms with Crippen molar-refractivity contribution in [3.8, 4) is 0 Å². The highest BCUT2D eigenvalue weighted by Gasteiger charge is 2.31. The van der Waals surface area contributed by atoms with Gasteiger partial charge in [-0.2, -0.15) is 23.5 Å². The van der Waals surface area contributed by atoms with Crippen LogP contribution in [-0.2, 0) is 24.0 Å². The number of carbonyl (C=O) groups excluding carboxylic acids is 3. The minimum atomic E-state index is -1.58. The molecule has 0 fully saturated rings. The zero-order valence-electron chi connectivity index (χ0n) is 20.4. The third-order valence-corrected chi connectivity index (χ3v) is 6.07. The number of carboxylic acids is 2. The molecule has 0 aromatic rings. The lowest BCUT2D eigenvalue weighted by Crippen LogP contribution is -2.57. The van der Waals surface area contributed by atoms with E-state index in [1.165, 1.54) is 23.5 Å². The SMILES string of the molecule is CSCCC(N)C(=O)NC(CCCN=C(N)N)C(=O)NC(CC(=O)O)C(=O)NC(CCSC)C(=O)O. The molecule has 11 N–H and O–H groups in total. The van der Waals surface area contributed by atoms with Crippen LogP contribution in [0.4, 0.5) is 0 Å². The summed E-state index contributed by atoms with van der Waals surface area (Å²) in [6.07, 6.45) is 3.64. The van der Waals surface area contributed by atoms with Crippen molar-refractivity contribution >= 4 is 59.1 Å². The second-order valence-electron chi connectivity index (χ2n) is 7.74. The minimum Gasteiger partial charge on any atom is -0.481 e. The second-order valence-corrected chi connectivity index (χ2v) is 9.71. The number of nitrogens with one attached hydrogen (secondary N) is 3. The van der Waals surface area contributed by atoms with Crippen molar-refractivity contribution in [2.75, 3.05) is 30.6 Å². The third-order valence-electron chi connectivity index (χ3n) is 4.78. The molecule has 0 aromatic carbocycles. The average Bonchev–Trinajstić information content (AvgIpc) is 2.80. The average molecular weight is 552 g/mol. The number of nitrogens with two attached hydrogens (primary N) is 3. The highest BCUT2D eigenvalue weighted by molar-refractivity contribution is 7.98. The Labute approximate surface area is 218 Å². The van der Waals surface area contributed by atoms with Crippen molar-refractivity contribution < 1.29 is 34.2 Å². The van der Waals surface area contributed by atoms with Gasteiger partial charge in [-0.25, -0.2) is 4.79 Å². The first-order valence-electron chi connectivity index (χ1n) is 11.1. The van der Waals surface area contributed by atoms with Crippen LogP contribution in [0.15, 0.2) is 4.99 Å². The van der Waals surface area contributed by atoms with Crippen LogP contribution in [-0.4, -0.2) is 101 Å². The van der Waals surface area contributed by atoms with E-state index >= 15 is 0 Å². The number of amides is 3. The molecule has 0 bridgehead atoms. The van der Waals surface area contributed by atoms with E-state index in [4.69, 9.17) is 17.2 Å². The monoisotopic (exact) mass is 551 g/mol. The molecule has 36 heavy (non-hydrogen) atoms. The Kier molecular flexibility index (Phi) is 17.1. The number of aliphatic imine (C=N–C) groups is 1. The van der Waals surface area contributed by atoms with E-state index in [1.54, 1.807) is 6.26 Å². The molecule has 0 saturated carbocycles. The second kappa shape index (κ2) is 18.5. The summed E-state index contributed by atoms with van der Waals surface area (Å²) in [6.45, 7) is 0.162. The molecule has 4 unspecified atom stereocenters. The molecular weight excluding hydrogens is 514 g/mol. The lowest BCUT2D eigenvalue weighted by atomic mass is 10.1. The van der Waals surface area contributed by atoms with Crippen LogP contribution >= 0.6 is 23.5 Å². The number of carboxylic acid groups (broad SMARTS) is 2. The molecule has 0 rings (SSSR count). The van der Waals surface area contributed by atoms with Crippen LogP contribution in [0.5, 0.6) is 0 Å². The zero-order chi connectivity index (χ0) is 27.7. The Bertz CT molecular complexity index is 782. The number of thioether (sulfide) groups is 2. The summed E-state index contributed by atoms with van der Waals surface area (Å²) in [5.74, 6) is -4.16. The lowest BCUT2D eigenvalue weighted by molar-refractivity contribution is -0.143. The normalized spacial score (nSPS) is 14.0. The van der Waals surface area contributed by atoms with Crippen LogP contribution in [0, 0.1) is 0 Å². The molecule has 4 atom stereocenters. The molecule has 0 saturated heterocycles. The first-order valence-corrected chi connectivity index (χ1v) is 13.9. The molecule has 16 heteroatoms. The van der Waals surface area contributed by atoms with Crippen LogP contribution in [0.3, 0.4) is 0 Å². The zero-order valence-corrected chi connectivity index (χ0v) is 22.0. The van der Waals surface area contributed by atoms with Crippen molar-refractivity contribution in [3.63, 3.8) is 0 Å². The fourth-order valence-electron chi connectivity index (χ4n) is 2.85. The predicted octanol–water partition coefficient (Wildman–Crippen LogP) is -2.11. The van der Waals surface area contributed by atoms with E-state index in [9.17, 15) is 34.2 Å². The summed E-state index contributed by atoms with van der Waals surface area (Å²) in [4.78, 5) is 64.7. The first kappa shape index (κ1) is 33.3. The number of guanidine groups is 1. The summed E-state index contributed by atoms with van der Waals surface area (Å²) in [6, 6.07) is -4.88. The number of hydrogen-bond acceptors (Lipinski definition) is 9. The van der Waals surface area contributed by atoms with Gasteiger partial charge in [-0.15, -0.1) is 0 Å². The van der Waals surface area contributed by atoms with Crippen LogP contribution < -0.4 is 33.2 Å². The van der Waals surface area contributed by atoms with Gasteiger partial charge in [-0.05, 0) is 49.7 Å². The summed E-state index contributed by atoms with van der Waals surface area (Å²) in [5, 5.41) is 25.7. The number of nitrogens with zero attached hydrogens (tertiary/aromatic N) is 1. The van der Waals surface area contributed by atoms with Gasteiger partial charge < -0.3 is 43.4 Å². The third kappa shape index (κ3) is 14.6. The molecule has 0 spiro atoms. The Morgan fingerprint density at radius 3 is 1.86 bits per heavy atom. The maximum Gasteiger partial charge on any atom is 0.326 e. The van der Waals surface area contributed by atoms with Crippen LogP contribution in [0.2, 0.25) is 0 Å². The van der Waals surface area contributed by atoms with E-state index in [0.717, 1.165) is 0 Å². The van der Waals surface area contributed by atoms with Gasteiger partial charge in [-0.3, -0.25) is 24.2 Å². The van der Waals surface area contributed by atoms with Gasteiger partial charge in [0, 0.05) is 6.54 Å². The largest absolute Gasteiger partial charge is 0.481 e. The highest BCUT2D eigenvalue weighted by Crippen LogP contribution is 2.06. The fraction of sp³-hybridized carbons (Fsp3) is 0.700. The van der Waals surface area contributed by atoms with E-state index in [-0.39, 0.29) is 31.8 Å². The molecule has 14 nitrogen and oxygen atoms in total. The van der Waals surface area contributed by atoms with Crippen molar-refractivity contribution in [3.05, 3.63) is 0 Å². The number of aliphatic carboxylic acids is 2. The van der Waals surface area contributed by atoms with Gasteiger partial charge in [0.05, 0.1) is 12.5 Å². The van der Waals surface area contributed by atoms with Gasteiger partial charge >= 0.3 is 11.9 Å². The molecular formula is C20H37N7O7S2. The molecule has 0 aromatic heterocycles. The van der Waals surface area contributed by atoms with E-state index in [1.807, 2.05) is 6.26 Å². The molecule has 0 radical (unpaired) electrons. The summed E-state index contributed by atoms with van der Waals surface area (Å²) < 4.78 is 0. The van der Waals surface area contributed by atoms with Gasteiger partial charge in [-0.1, -0.05) is 0 Å². The molecule has 0 aliphatic carbocycles. The predicted molar refractivity (Wildman–Crippen MR) is 140 cm³/mol. The van der Waals surface area contributed by atoms with Crippen LogP contribution in [0.1, 0.15) is 32.1 Å². The van der Waals surface area contributed by atoms with Gasteiger partial charge in [0.2, 0.25) is 17.7 Å². The van der Waals surface area contributed by atoms with Crippen molar-refractivity contribution in [2.45, 2.75) is 56.3 Å². The van der Waals surface area contributed by atoms with Crippen LogP contribution in [0.25, 0.3) is 0 Å². The summed E-state index contributed by atoms with van der Waals surface area (Å²) >= 11 is 2.88. The molecule has 0 heterocycles. The lowest BCUT2D eigenvalue weighted by Gasteiger charge is -2.24. The van der Waals surface area contributed by atoms with Gasteiger partial charge in [0.1, 0.15) is 18.1 Å². The number of rotatable bonds is 19. The molecule has 206 valence electrons. The summed E-state index contributed by atoms with van der Waals surface area (Å²) in [7, 11) is 0. The maximum absolute atomic E-state index is 13.0. The number of hydrogen-bond donors (Lipinski definition) is 8. The highest BCUT2D eigenvalue weighted by atomic mass is 32.2. The molecule has 0 aliphatic heterocycles. The Balaban J connectivity index is 5.56. The molecule has 0 aliphatic rings. The Morgan fingerprint density at radius 2 is 1.33 bits per heavy atom. The smallest absolute Gasteiger partial charge is 0.326 e. The van der Waals surface area contributed by atoms with E-state index < -0.39 is 60.2 Å². The van der Waals surface area contributed by atoms with Crippen molar-refractivity contribution in [2.24, 2.45) is 22.2 Å². The Hall–Kier alpha value is -2.72.